The van der Waals surface area contributed by atoms with Crippen LogP contribution in [0.4, 0.5) is 34.1 Å². The highest BCUT2D eigenvalue weighted by Gasteiger charge is 2.39. The average molecular weight is 652 g/mol. The van der Waals surface area contributed by atoms with Crippen molar-refractivity contribution in [2.45, 2.75) is 51.2 Å². The molecule has 0 saturated carbocycles. The standard InChI is InChI=1S/C29H36F3N5O7Si/c1-42-28(41)33-20-10-11-21(22(14-20)35-26(38)29(30,31)32)23-15-37(18-43-12-13-45(2,3)4)25(34-23)24(36-27(39)40)17-44-16-19-8-6-5-7-9-19/h5-11,14-15,24,36H,12-13,16-18H2,1-4H3,(H,33,41)(H,35,38)(H,39,40)/t24-/m0/s1. The molecule has 3 aromatic rings. The fraction of sp³-hybridized carbons (Fsp3) is 0.379. The Balaban J connectivity index is 2.03. The van der Waals surface area contributed by atoms with Crippen molar-refractivity contribution in [2.75, 3.05) is 31.0 Å². The Labute approximate surface area is 258 Å². The largest absolute Gasteiger partial charge is 0.471 e. The van der Waals surface area contributed by atoms with E-state index in [0.29, 0.717) is 6.61 Å². The molecule has 16 heteroatoms. The third-order valence-corrected chi connectivity index (χ3v) is 7.98. The van der Waals surface area contributed by atoms with E-state index in [9.17, 15) is 32.7 Å². The van der Waals surface area contributed by atoms with E-state index < -0.39 is 38.4 Å². The lowest BCUT2D eigenvalue weighted by molar-refractivity contribution is -0.167. The molecule has 0 aliphatic rings. The first-order valence-corrected chi connectivity index (χ1v) is 17.5. The summed E-state index contributed by atoms with van der Waals surface area (Å²) in [4.78, 5) is 40.0. The number of anilines is 2. The zero-order valence-electron chi connectivity index (χ0n) is 25.2. The van der Waals surface area contributed by atoms with Crippen LogP contribution in [0.5, 0.6) is 0 Å². The molecule has 2 aromatic carbocycles. The Kier molecular flexibility index (Phi) is 12.1. The summed E-state index contributed by atoms with van der Waals surface area (Å²) in [6.45, 7) is 6.98. The molecule has 0 radical (unpaired) electrons. The number of amides is 3. The molecule has 1 aromatic heterocycles. The van der Waals surface area contributed by atoms with Crippen LogP contribution in [0, 0.1) is 0 Å². The van der Waals surface area contributed by atoms with Gasteiger partial charge in [-0.05, 0) is 29.8 Å². The summed E-state index contributed by atoms with van der Waals surface area (Å²) < 4.78 is 57.4. The zero-order valence-corrected chi connectivity index (χ0v) is 26.2. The number of halogens is 3. The van der Waals surface area contributed by atoms with E-state index in [0.717, 1.165) is 24.8 Å². The van der Waals surface area contributed by atoms with Crippen molar-refractivity contribution in [3.05, 3.63) is 66.1 Å². The minimum absolute atomic E-state index is 0.0390. The number of aromatic nitrogens is 2. The normalized spacial score (nSPS) is 12.3. The van der Waals surface area contributed by atoms with Crippen LogP contribution in [0.2, 0.25) is 25.7 Å². The van der Waals surface area contributed by atoms with Gasteiger partial charge in [-0.1, -0.05) is 50.0 Å². The minimum atomic E-state index is -5.20. The van der Waals surface area contributed by atoms with Gasteiger partial charge in [0.1, 0.15) is 18.6 Å². The average Bonchev–Trinajstić information content (AvgIpc) is 3.38. The maximum absolute atomic E-state index is 13.2. The van der Waals surface area contributed by atoms with Gasteiger partial charge in [0.05, 0.1) is 31.7 Å². The molecule has 12 nitrogen and oxygen atoms in total. The van der Waals surface area contributed by atoms with Crippen molar-refractivity contribution in [3.8, 4) is 11.3 Å². The number of benzene rings is 2. The first kappa shape index (κ1) is 35.1. The first-order valence-electron chi connectivity index (χ1n) is 13.8. The summed E-state index contributed by atoms with van der Waals surface area (Å²) in [5.41, 5.74) is 0.740. The van der Waals surface area contributed by atoms with Gasteiger partial charge in [0.15, 0.2) is 0 Å². The third kappa shape index (κ3) is 11.2. The number of hydrogen-bond acceptors (Lipinski definition) is 7. The van der Waals surface area contributed by atoms with Crippen LogP contribution in [-0.2, 0) is 32.3 Å². The summed E-state index contributed by atoms with van der Waals surface area (Å²) in [6.07, 6.45) is -5.96. The topological polar surface area (TPSA) is 153 Å². The Morgan fingerprint density at radius 3 is 2.38 bits per heavy atom. The molecular weight excluding hydrogens is 615 g/mol. The highest BCUT2D eigenvalue weighted by molar-refractivity contribution is 6.76. The van der Waals surface area contributed by atoms with Crippen LogP contribution >= 0.6 is 0 Å². The van der Waals surface area contributed by atoms with E-state index in [1.54, 1.807) is 0 Å². The van der Waals surface area contributed by atoms with Gasteiger partial charge in [-0.2, -0.15) is 13.2 Å². The number of rotatable bonds is 14. The van der Waals surface area contributed by atoms with Crippen LogP contribution in [0.15, 0.2) is 54.7 Å². The monoisotopic (exact) mass is 651 g/mol. The smallest absolute Gasteiger partial charge is 0.465 e. The summed E-state index contributed by atoms with van der Waals surface area (Å²) in [7, 11) is -0.327. The maximum atomic E-state index is 13.2. The molecule has 0 bridgehead atoms. The van der Waals surface area contributed by atoms with Crippen LogP contribution in [0.3, 0.4) is 0 Å². The van der Waals surface area contributed by atoms with Gasteiger partial charge in [0, 0.05) is 32.1 Å². The maximum Gasteiger partial charge on any atom is 0.471 e. The molecule has 4 N–H and O–H groups in total. The van der Waals surface area contributed by atoms with E-state index in [4.69, 9.17) is 9.47 Å². The number of ether oxygens (including phenoxy) is 3. The quantitative estimate of drug-likeness (QED) is 0.121. The van der Waals surface area contributed by atoms with Gasteiger partial charge < -0.3 is 34.5 Å². The Morgan fingerprint density at radius 1 is 1.04 bits per heavy atom. The van der Waals surface area contributed by atoms with E-state index in [-0.39, 0.29) is 48.4 Å². The van der Waals surface area contributed by atoms with Crippen molar-refractivity contribution >= 4 is 37.5 Å². The number of nitrogens with one attached hydrogen (secondary N) is 3. The fourth-order valence-corrected chi connectivity index (χ4v) is 4.75. The summed E-state index contributed by atoms with van der Waals surface area (Å²) in [5, 5.41) is 16.1. The Bertz CT molecular complexity index is 1460. The van der Waals surface area contributed by atoms with E-state index in [1.165, 1.54) is 22.9 Å². The molecular formula is C29H36F3N5O7Si. The summed E-state index contributed by atoms with van der Waals surface area (Å²) in [6, 6.07) is 12.9. The number of hydrogen-bond donors (Lipinski definition) is 4. The van der Waals surface area contributed by atoms with Crippen molar-refractivity contribution < 1.29 is 46.9 Å². The first-order chi connectivity index (χ1) is 21.2. The number of methoxy groups -OCH3 is 1. The second-order valence-electron chi connectivity index (χ2n) is 11.1. The Morgan fingerprint density at radius 2 is 1.76 bits per heavy atom. The zero-order chi connectivity index (χ0) is 33.2. The van der Waals surface area contributed by atoms with Crippen molar-refractivity contribution in [1.29, 1.82) is 0 Å². The highest BCUT2D eigenvalue weighted by atomic mass is 28.3. The van der Waals surface area contributed by atoms with Crippen LogP contribution in [-0.4, -0.2) is 67.3 Å². The summed E-state index contributed by atoms with van der Waals surface area (Å²) in [5.74, 6) is -2.08. The number of alkyl halides is 3. The van der Waals surface area contributed by atoms with Gasteiger partial charge in [-0.25, -0.2) is 14.6 Å². The SMILES string of the molecule is COC(=O)Nc1ccc(-c2cn(COCC[Si](C)(C)C)c([C@H](COCc3ccccc3)NC(=O)O)n2)c(NC(=O)C(F)(F)F)c1. The number of imidazole rings is 1. The lowest BCUT2D eigenvalue weighted by Gasteiger charge is -2.19. The number of carbonyl (C=O) groups excluding carboxylic acids is 2. The number of nitrogens with zero attached hydrogens (tertiary/aromatic N) is 2. The lowest BCUT2D eigenvalue weighted by atomic mass is 10.1. The third-order valence-electron chi connectivity index (χ3n) is 6.27. The molecule has 3 amide bonds. The highest BCUT2D eigenvalue weighted by Crippen LogP contribution is 2.33. The minimum Gasteiger partial charge on any atom is -0.465 e. The molecule has 0 fully saturated rings. The molecule has 3 rings (SSSR count). The number of carboxylic acid groups (broad SMARTS) is 1. The van der Waals surface area contributed by atoms with E-state index >= 15 is 0 Å². The van der Waals surface area contributed by atoms with E-state index in [2.05, 4.69) is 40.0 Å². The Hall–Kier alpha value is -4.41. The molecule has 1 atom stereocenters. The second kappa shape index (κ2) is 15.5. The molecule has 0 spiro atoms. The molecule has 0 aliphatic carbocycles. The molecule has 244 valence electrons. The van der Waals surface area contributed by atoms with Crippen molar-refractivity contribution in [1.82, 2.24) is 14.9 Å². The van der Waals surface area contributed by atoms with Crippen LogP contribution in [0.1, 0.15) is 17.4 Å². The predicted molar refractivity (Wildman–Crippen MR) is 162 cm³/mol. The molecule has 1 heterocycles. The van der Waals surface area contributed by atoms with Gasteiger partial charge >= 0.3 is 24.3 Å². The predicted octanol–water partition coefficient (Wildman–Crippen LogP) is 6.07. The van der Waals surface area contributed by atoms with Gasteiger partial charge in [0.25, 0.3) is 0 Å². The van der Waals surface area contributed by atoms with E-state index in [1.807, 2.05) is 35.6 Å². The van der Waals surface area contributed by atoms with Gasteiger partial charge in [-0.3, -0.25) is 10.1 Å². The molecule has 0 aliphatic heterocycles. The molecule has 45 heavy (non-hydrogen) atoms. The van der Waals surface area contributed by atoms with Gasteiger partial charge in [0.2, 0.25) is 0 Å². The summed E-state index contributed by atoms with van der Waals surface area (Å²) >= 11 is 0. The lowest BCUT2D eigenvalue weighted by Crippen LogP contribution is -2.32. The second-order valence-corrected chi connectivity index (χ2v) is 16.8. The van der Waals surface area contributed by atoms with Gasteiger partial charge in [-0.15, -0.1) is 0 Å². The molecule has 0 saturated heterocycles. The fourth-order valence-electron chi connectivity index (χ4n) is 3.99. The number of carbonyl (C=O) groups is 3. The molecule has 0 unspecified atom stereocenters. The van der Waals surface area contributed by atoms with Crippen molar-refractivity contribution in [3.63, 3.8) is 0 Å². The van der Waals surface area contributed by atoms with Crippen molar-refractivity contribution in [2.24, 2.45) is 0 Å². The van der Waals surface area contributed by atoms with Crippen LogP contribution < -0.4 is 16.0 Å². The van der Waals surface area contributed by atoms with Crippen LogP contribution in [0.25, 0.3) is 11.3 Å².